The van der Waals surface area contributed by atoms with Gasteiger partial charge in [-0.15, -0.1) is 0 Å². The third kappa shape index (κ3) is 3.53. The lowest BCUT2D eigenvalue weighted by atomic mass is 9.91. The van der Waals surface area contributed by atoms with Crippen molar-refractivity contribution in [2.75, 3.05) is 0 Å². The number of aryl methyl sites for hydroxylation is 1. The zero-order valence-corrected chi connectivity index (χ0v) is 11.2. The number of hydrogen-bond donors (Lipinski definition) is 1. The van der Waals surface area contributed by atoms with Crippen LogP contribution in [-0.4, -0.2) is 27.2 Å². The van der Waals surface area contributed by atoms with Gasteiger partial charge in [0.1, 0.15) is 12.3 Å². The highest BCUT2D eigenvalue weighted by atomic mass is 19.4. The monoisotopic (exact) mass is 334 g/mol. The fourth-order valence-electron chi connectivity index (χ4n) is 2.52. The summed E-state index contributed by atoms with van der Waals surface area (Å²) in [6.45, 7) is -0.373. The molecule has 0 saturated carbocycles. The van der Waals surface area contributed by atoms with E-state index in [0.717, 1.165) is 4.68 Å². The Morgan fingerprint density at radius 1 is 1.18 bits per heavy atom. The van der Waals surface area contributed by atoms with Gasteiger partial charge in [0.2, 0.25) is 0 Å². The van der Waals surface area contributed by atoms with Crippen LogP contribution in [0.4, 0.5) is 30.7 Å². The third-order valence-electron chi connectivity index (χ3n) is 3.49. The second kappa shape index (κ2) is 5.71. The molecule has 0 unspecified atom stereocenters. The molecular weight excluding hydrogens is 321 g/mol. The SMILES string of the molecule is O[C@H]1c2c(C(F)(F)F)nn(CCCC(F)(F)F)c2CC[C@@H]1F. The van der Waals surface area contributed by atoms with Crippen LogP contribution in [0.5, 0.6) is 0 Å². The molecule has 0 fully saturated rings. The largest absolute Gasteiger partial charge is 0.435 e. The summed E-state index contributed by atoms with van der Waals surface area (Å²) in [7, 11) is 0. The van der Waals surface area contributed by atoms with Gasteiger partial charge in [0.05, 0.1) is 0 Å². The molecule has 0 spiro atoms. The van der Waals surface area contributed by atoms with E-state index in [1.807, 2.05) is 0 Å². The van der Waals surface area contributed by atoms with Crippen LogP contribution in [0, 0.1) is 0 Å². The van der Waals surface area contributed by atoms with Gasteiger partial charge in [-0.3, -0.25) is 4.68 Å². The number of aliphatic hydroxyl groups is 1. The molecule has 2 rings (SSSR count). The fraction of sp³-hybridized carbons (Fsp3) is 0.750. The highest BCUT2D eigenvalue weighted by molar-refractivity contribution is 5.34. The van der Waals surface area contributed by atoms with Crippen LogP contribution in [0.1, 0.15) is 42.3 Å². The summed E-state index contributed by atoms with van der Waals surface area (Å²) in [4.78, 5) is 0. The van der Waals surface area contributed by atoms with E-state index >= 15 is 0 Å². The maximum Gasteiger partial charge on any atom is 0.435 e. The number of nitrogens with zero attached hydrogens (tertiary/aromatic N) is 2. The van der Waals surface area contributed by atoms with Crippen molar-refractivity contribution in [2.45, 2.75) is 56.9 Å². The van der Waals surface area contributed by atoms with Gasteiger partial charge in [0, 0.05) is 24.2 Å². The molecule has 3 nitrogen and oxygen atoms in total. The summed E-state index contributed by atoms with van der Waals surface area (Å²) in [6, 6.07) is 0. The molecule has 126 valence electrons. The molecule has 1 aliphatic carbocycles. The molecule has 0 aromatic carbocycles. The fourth-order valence-corrected chi connectivity index (χ4v) is 2.52. The van der Waals surface area contributed by atoms with Gasteiger partial charge in [-0.2, -0.15) is 31.4 Å². The van der Waals surface area contributed by atoms with Crippen molar-refractivity contribution in [3.8, 4) is 0 Å². The molecule has 22 heavy (non-hydrogen) atoms. The van der Waals surface area contributed by atoms with E-state index in [4.69, 9.17) is 0 Å². The number of halogens is 7. The minimum absolute atomic E-state index is 0.0455. The first-order chi connectivity index (χ1) is 10.0. The standard InChI is InChI=1S/C12H13F7N2O/c13-6-2-3-7-8(9(6)22)10(12(17,18)19)20-21(7)5-1-4-11(14,15)16/h6,9,22H,1-5H2/t6-,9+/m0/s1. The number of hydrogen-bond acceptors (Lipinski definition) is 2. The van der Waals surface area contributed by atoms with E-state index in [0.29, 0.717) is 0 Å². The lowest BCUT2D eigenvalue weighted by Gasteiger charge is -2.23. The van der Waals surface area contributed by atoms with E-state index in [-0.39, 0.29) is 25.1 Å². The van der Waals surface area contributed by atoms with Crippen molar-refractivity contribution >= 4 is 0 Å². The van der Waals surface area contributed by atoms with Gasteiger partial charge in [-0.1, -0.05) is 0 Å². The molecule has 1 N–H and O–H groups in total. The molecule has 0 radical (unpaired) electrons. The molecule has 0 saturated heterocycles. The third-order valence-corrected chi connectivity index (χ3v) is 3.49. The second-order valence-electron chi connectivity index (χ2n) is 5.15. The van der Waals surface area contributed by atoms with Gasteiger partial charge in [-0.05, 0) is 19.3 Å². The molecular formula is C12H13F7N2O. The quantitative estimate of drug-likeness (QED) is 0.859. The Morgan fingerprint density at radius 3 is 2.36 bits per heavy atom. The first-order valence-electron chi connectivity index (χ1n) is 6.56. The maximum absolute atomic E-state index is 13.4. The van der Waals surface area contributed by atoms with Crippen molar-refractivity contribution in [3.63, 3.8) is 0 Å². The molecule has 1 aromatic rings. The van der Waals surface area contributed by atoms with Crippen LogP contribution in [-0.2, 0) is 19.1 Å². The van der Waals surface area contributed by atoms with Crippen LogP contribution >= 0.6 is 0 Å². The Hall–Kier alpha value is -1.32. The van der Waals surface area contributed by atoms with Crippen molar-refractivity contribution in [2.24, 2.45) is 0 Å². The summed E-state index contributed by atoms with van der Waals surface area (Å²) in [5.41, 5.74) is -2.13. The second-order valence-corrected chi connectivity index (χ2v) is 5.15. The molecule has 2 atom stereocenters. The molecule has 0 amide bonds. The number of aliphatic hydroxyl groups excluding tert-OH is 1. The lowest BCUT2D eigenvalue weighted by molar-refractivity contribution is -0.144. The van der Waals surface area contributed by atoms with Crippen LogP contribution < -0.4 is 0 Å². The highest BCUT2D eigenvalue weighted by Gasteiger charge is 2.44. The zero-order valence-electron chi connectivity index (χ0n) is 11.2. The molecule has 1 aliphatic rings. The molecule has 10 heteroatoms. The Morgan fingerprint density at radius 2 is 1.82 bits per heavy atom. The number of aromatic nitrogens is 2. The van der Waals surface area contributed by atoms with E-state index in [9.17, 15) is 35.8 Å². The number of fused-ring (bicyclic) bond motifs is 1. The summed E-state index contributed by atoms with van der Waals surface area (Å²) >= 11 is 0. The summed E-state index contributed by atoms with van der Waals surface area (Å²) in [5, 5.41) is 12.9. The van der Waals surface area contributed by atoms with Crippen LogP contribution in [0.25, 0.3) is 0 Å². The van der Waals surface area contributed by atoms with E-state index in [2.05, 4.69) is 5.10 Å². The lowest BCUT2D eigenvalue weighted by Crippen LogP contribution is -2.24. The van der Waals surface area contributed by atoms with Gasteiger partial charge < -0.3 is 5.11 Å². The van der Waals surface area contributed by atoms with Crippen molar-refractivity contribution < 1.29 is 35.8 Å². The number of alkyl halides is 7. The Bertz CT molecular complexity index is 535. The zero-order chi connectivity index (χ0) is 16.7. The first-order valence-corrected chi connectivity index (χ1v) is 6.56. The predicted octanol–water partition coefficient (Wildman–Crippen LogP) is 3.56. The highest BCUT2D eigenvalue weighted by Crippen LogP contribution is 2.41. The average molecular weight is 334 g/mol. The number of rotatable bonds is 3. The van der Waals surface area contributed by atoms with Crippen LogP contribution in [0.15, 0.2) is 0 Å². The van der Waals surface area contributed by atoms with Crippen LogP contribution in [0.2, 0.25) is 0 Å². The van der Waals surface area contributed by atoms with Crippen molar-refractivity contribution in [3.05, 3.63) is 17.0 Å². The smallest absolute Gasteiger partial charge is 0.385 e. The Kier molecular flexibility index (Phi) is 4.42. The van der Waals surface area contributed by atoms with Gasteiger partial charge in [0.25, 0.3) is 0 Å². The van der Waals surface area contributed by atoms with Gasteiger partial charge >= 0.3 is 12.4 Å². The Balaban J connectivity index is 2.30. The van der Waals surface area contributed by atoms with Crippen molar-refractivity contribution in [1.29, 1.82) is 0 Å². The van der Waals surface area contributed by atoms with Gasteiger partial charge in [-0.25, -0.2) is 4.39 Å². The summed E-state index contributed by atoms with van der Waals surface area (Å²) in [5.74, 6) is 0. The van der Waals surface area contributed by atoms with Crippen molar-refractivity contribution in [1.82, 2.24) is 9.78 Å². The summed E-state index contributed by atoms with van der Waals surface area (Å²) < 4.78 is 89.3. The average Bonchev–Trinajstić information content (AvgIpc) is 2.72. The topological polar surface area (TPSA) is 38.1 Å². The molecule has 0 bridgehead atoms. The minimum atomic E-state index is -4.91. The molecule has 1 heterocycles. The Labute approximate surface area is 120 Å². The summed E-state index contributed by atoms with van der Waals surface area (Å²) in [6.07, 6.45) is -15.0. The predicted molar refractivity (Wildman–Crippen MR) is 60.7 cm³/mol. The first kappa shape index (κ1) is 17.0. The normalized spacial score (nSPS) is 22.7. The molecule has 0 aliphatic heterocycles. The van der Waals surface area contributed by atoms with E-state index in [1.165, 1.54) is 0 Å². The van der Waals surface area contributed by atoms with Crippen LogP contribution in [0.3, 0.4) is 0 Å². The minimum Gasteiger partial charge on any atom is -0.385 e. The van der Waals surface area contributed by atoms with Gasteiger partial charge in [0.15, 0.2) is 5.69 Å². The van der Waals surface area contributed by atoms with E-state index in [1.54, 1.807) is 0 Å². The van der Waals surface area contributed by atoms with E-state index < -0.39 is 48.7 Å². The maximum atomic E-state index is 13.4. The molecule has 1 aromatic heterocycles.